The minimum atomic E-state index is -0.837. The Balaban J connectivity index is 4.61. The molecule has 0 spiro atoms. The van der Waals surface area contributed by atoms with Crippen LogP contribution in [0, 0.1) is 0 Å². The van der Waals surface area contributed by atoms with Crippen molar-refractivity contribution in [3.63, 3.8) is 0 Å². The van der Waals surface area contributed by atoms with Gasteiger partial charge in [-0.3, -0.25) is 14.4 Å². The average molecular weight is 978 g/mol. The number of carbonyl (C=O) groups excluding carboxylic acids is 3. The van der Waals surface area contributed by atoms with Gasteiger partial charge in [-0.25, -0.2) is 0 Å². The Morgan fingerprint density at radius 1 is 0.310 bits per heavy atom. The van der Waals surface area contributed by atoms with E-state index in [1.54, 1.807) is 0 Å². The van der Waals surface area contributed by atoms with Crippen LogP contribution in [-0.4, -0.2) is 37.2 Å². The van der Waals surface area contributed by atoms with Gasteiger partial charge in [0.1, 0.15) is 13.2 Å². The smallest absolute Gasteiger partial charge is 0.306 e. The number of unbranched alkanes of at least 4 members (excludes halogenated alkanes) is 16. The molecule has 0 aliphatic rings. The first-order valence-electron chi connectivity index (χ1n) is 28.1. The van der Waals surface area contributed by atoms with E-state index in [0.29, 0.717) is 19.3 Å². The van der Waals surface area contributed by atoms with Gasteiger partial charge in [0.25, 0.3) is 0 Å². The summed E-state index contributed by atoms with van der Waals surface area (Å²) in [6.45, 7) is 6.26. The van der Waals surface area contributed by atoms with Crippen molar-refractivity contribution in [3.05, 3.63) is 158 Å². The van der Waals surface area contributed by atoms with Crippen molar-refractivity contribution in [2.75, 3.05) is 13.2 Å². The van der Waals surface area contributed by atoms with Crippen molar-refractivity contribution >= 4 is 17.9 Å². The summed E-state index contributed by atoms with van der Waals surface area (Å²) in [6.07, 6.45) is 83.7. The summed E-state index contributed by atoms with van der Waals surface area (Å²) in [5.41, 5.74) is 0. The van der Waals surface area contributed by atoms with E-state index in [9.17, 15) is 14.4 Å². The van der Waals surface area contributed by atoms with E-state index < -0.39 is 6.10 Å². The predicted molar refractivity (Wildman–Crippen MR) is 306 cm³/mol. The van der Waals surface area contributed by atoms with Crippen LogP contribution in [0.15, 0.2) is 158 Å². The third-order valence-corrected chi connectivity index (χ3v) is 11.2. The number of rotatable bonds is 48. The van der Waals surface area contributed by atoms with Crippen molar-refractivity contribution in [2.24, 2.45) is 0 Å². The van der Waals surface area contributed by atoms with Gasteiger partial charge in [0, 0.05) is 19.3 Å². The van der Waals surface area contributed by atoms with Crippen LogP contribution in [0.5, 0.6) is 0 Å². The van der Waals surface area contributed by atoms with Gasteiger partial charge in [-0.15, -0.1) is 0 Å². The molecule has 0 aliphatic carbocycles. The van der Waals surface area contributed by atoms with Crippen molar-refractivity contribution in [2.45, 2.75) is 219 Å². The topological polar surface area (TPSA) is 78.9 Å². The summed E-state index contributed by atoms with van der Waals surface area (Å²) < 4.78 is 16.8. The fraction of sp³-hybridized carbons (Fsp3) is 0.554. The van der Waals surface area contributed by atoms with Crippen LogP contribution in [0.25, 0.3) is 0 Å². The number of carbonyl (C=O) groups is 3. The van der Waals surface area contributed by atoms with Gasteiger partial charge in [-0.2, -0.15) is 0 Å². The highest BCUT2D eigenvalue weighted by molar-refractivity contribution is 5.71. The molecule has 6 nitrogen and oxygen atoms in total. The predicted octanol–water partition coefficient (Wildman–Crippen LogP) is 19.0. The molecule has 0 saturated heterocycles. The zero-order chi connectivity index (χ0) is 51.4. The van der Waals surface area contributed by atoms with Gasteiger partial charge < -0.3 is 14.2 Å². The highest BCUT2D eigenvalue weighted by Crippen LogP contribution is 2.12. The van der Waals surface area contributed by atoms with E-state index in [0.717, 1.165) is 103 Å². The molecule has 0 saturated carbocycles. The first-order chi connectivity index (χ1) is 35.0. The number of allylic oxidation sites excluding steroid dienone is 26. The highest BCUT2D eigenvalue weighted by atomic mass is 16.6. The zero-order valence-corrected chi connectivity index (χ0v) is 45.2. The molecular weight excluding hydrogens is 877 g/mol. The Kier molecular flexibility index (Phi) is 53.6. The molecule has 0 aromatic heterocycles. The minimum absolute atomic E-state index is 0.127. The lowest BCUT2D eigenvalue weighted by Gasteiger charge is -2.18. The maximum atomic E-state index is 12.8. The third-order valence-electron chi connectivity index (χ3n) is 11.2. The average Bonchev–Trinajstić information content (AvgIpc) is 3.37. The summed E-state index contributed by atoms with van der Waals surface area (Å²) in [5.74, 6) is -1.05. The van der Waals surface area contributed by atoms with Crippen LogP contribution in [0.2, 0.25) is 0 Å². The summed E-state index contributed by atoms with van der Waals surface area (Å²) in [5, 5.41) is 0. The molecular formula is C65H100O6. The lowest BCUT2D eigenvalue weighted by atomic mass is 10.1. The van der Waals surface area contributed by atoms with E-state index in [1.807, 2.05) is 60.8 Å². The van der Waals surface area contributed by atoms with Gasteiger partial charge >= 0.3 is 17.9 Å². The largest absolute Gasteiger partial charge is 0.462 e. The van der Waals surface area contributed by atoms with Gasteiger partial charge in [-0.1, -0.05) is 243 Å². The van der Waals surface area contributed by atoms with Crippen molar-refractivity contribution in [3.8, 4) is 0 Å². The molecule has 0 bridgehead atoms. The highest BCUT2D eigenvalue weighted by Gasteiger charge is 2.19. The number of hydrogen-bond acceptors (Lipinski definition) is 6. The molecule has 0 aromatic carbocycles. The van der Waals surface area contributed by atoms with Crippen LogP contribution in [-0.2, 0) is 28.6 Å². The normalized spacial score (nSPS) is 13.3. The lowest BCUT2D eigenvalue weighted by molar-refractivity contribution is -0.167. The van der Waals surface area contributed by atoms with E-state index in [1.165, 1.54) is 57.8 Å². The number of esters is 3. The zero-order valence-electron chi connectivity index (χ0n) is 45.2. The Labute approximate surface area is 435 Å². The Morgan fingerprint density at radius 3 is 1.10 bits per heavy atom. The van der Waals surface area contributed by atoms with E-state index >= 15 is 0 Å². The molecule has 0 rings (SSSR count). The second-order valence-electron chi connectivity index (χ2n) is 17.9. The molecule has 6 heteroatoms. The number of ether oxygens (including phenoxy) is 3. The van der Waals surface area contributed by atoms with Crippen LogP contribution in [0.1, 0.15) is 213 Å². The molecule has 0 amide bonds. The SMILES string of the molecule is CC\C=C/C=C\C=C/C=C\C=C\C=C/CCCCCC(=O)OC(COC(=O)CCC/C=C\C/C=C\C/C=C\CCCCCCCC)COC(=O)CCCCCCCC/C=C\C/C=C\C/C=C\C/C=C\CC. The fourth-order valence-corrected chi connectivity index (χ4v) is 7.01. The molecule has 0 fully saturated rings. The summed E-state index contributed by atoms with van der Waals surface area (Å²) in [4.78, 5) is 38.1. The van der Waals surface area contributed by atoms with Crippen LogP contribution in [0.3, 0.4) is 0 Å². The summed E-state index contributed by atoms with van der Waals surface area (Å²) in [6, 6.07) is 0. The molecule has 71 heavy (non-hydrogen) atoms. The molecule has 396 valence electrons. The standard InChI is InChI=1S/C65H100O6/c1-4-7-10-13-16-19-22-25-28-31-32-35-37-40-43-46-49-52-55-58-64(67)70-61-62(71-65(68)59-56-53-50-47-44-41-38-34-30-27-24-21-18-15-12-9-6-3)60-69-63(66)57-54-51-48-45-42-39-36-33-29-26-23-20-17-14-11-8-5-2/h7,9-10,12,15-16,18-19,21,24-30,32,34-36,38-39,41,44-45,48,62H,4-6,8,11,13-14,17,20,22-23,31,33,37,40,42-43,46-47,49-61H2,1-3H3/b10-7-,12-9-,18-15-,19-16-,24-21-,28-25-,29-26-,30-27-,35-32-,38-34+,39-36-,44-41-,48-45-. The first-order valence-corrected chi connectivity index (χ1v) is 28.1. The molecule has 1 unspecified atom stereocenters. The molecule has 0 radical (unpaired) electrons. The van der Waals surface area contributed by atoms with Crippen molar-refractivity contribution in [1.29, 1.82) is 0 Å². The number of hydrogen-bond donors (Lipinski definition) is 0. The van der Waals surface area contributed by atoms with Crippen LogP contribution >= 0.6 is 0 Å². The minimum Gasteiger partial charge on any atom is -0.462 e. The fourth-order valence-electron chi connectivity index (χ4n) is 7.01. The maximum absolute atomic E-state index is 12.8. The van der Waals surface area contributed by atoms with E-state index in [2.05, 4.69) is 118 Å². The molecule has 0 N–H and O–H groups in total. The van der Waals surface area contributed by atoms with Crippen molar-refractivity contribution in [1.82, 2.24) is 0 Å². The van der Waals surface area contributed by atoms with Gasteiger partial charge in [0.05, 0.1) is 0 Å². The van der Waals surface area contributed by atoms with Crippen LogP contribution in [0.4, 0.5) is 0 Å². The molecule has 0 aromatic rings. The van der Waals surface area contributed by atoms with E-state index in [4.69, 9.17) is 14.2 Å². The van der Waals surface area contributed by atoms with Gasteiger partial charge in [-0.05, 0) is 109 Å². The van der Waals surface area contributed by atoms with Crippen molar-refractivity contribution < 1.29 is 28.6 Å². The monoisotopic (exact) mass is 977 g/mol. The summed E-state index contributed by atoms with van der Waals surface area (Å²) >= 11 is 0. The van der Waals surface area contributed by atoms with Crippen LogP contribution < -0.4 is 0 Å². The maximum Gasteiger partial charge on any atom is 0.306 e. The third kappa shape index (κ3) is 55.8. The summed E-state index contributed by atoms with van der Waals surface area (Å²) in [7, 11) is 0. The Hall–Kier alpha value is -4.97. The van der Waals surface area contributed by atoms with Gasteiger partial charge in [0.2, 0.25) is 0 Å². The van der Waals surface area contributed by atoms with E-state index in [-0.39, 0.29) is 44.0 Å². The Bertz CT molecular complexity index is 1640. The molecule has 0 heterocycles. The molecule has 1 atom stereocenters. The lowest BCUT2D eigenvalue weighted by Crippen LogP contribution is -2.30. The second kappa shape index (κ2) is 57.6. The molecule has 0 aliphatic heterocycles. The Morgan fingerprint density at radius 2 is 0.634 bits per heavy atom. The van der Waals surface area contributed by atoms with Gasteiger partial charge in [0.15, 0.2) is 6.10 Å². The second-order valence-corrected chi connectivity index (χ2v) is 17.9. The quantitative estimate of drug-likeness (QED) is 0.0199. The first kappa shape index (κ1) is 66.0.